The summed E-state index contributed by atoms with van der Waals surface area (Å²) in [5.74, 6) is -0.202. The minimum Gasteiger partial charge on any atom is -0.323 e. The van der Waals surface area contributed by atoms with Gasteiger partial charge in [0.15, 0.2) is 0 Å². The highest BCUT2D eigenvalue weighted by Gasteiger charge is 2.23. The zero-order valence-electron chi connectivity index (χ0n) is 9.28. The number of amides is 2. The Labute approximate surface area is 112 Å². The van der Waals surface area contributed by atoms with Gasteiger partial charge in [-0.3, -0.25) is 9.59 Å². The van der Waals surface area contributed by atoms with E-state index in [1.54, 1.807) is 0 Å². The van der Waals surface area contributed by atoms with E-state index in [2.05, 4.69) is 5.32 Å². The number of rotatable bonds is 3. The van der Waals surface area contributed by atoms with Crippen LogP contribution in [0.2, 0.25) is 5.02 Å². The molecular formula is C11H10ClFN2O2S. The Balaban J connectivity index is 1.98. The molecule has 2 amide bonds. The zero-order chi connectivity index (χ0) is 13.1. The van der Waals surface area contributed by atoms with Crippen LogP contribution in [0.5, 0.6) is 0 Å². The Morgan fingerprint density at radius 3 is 3.00 bits per heavy atom. The highest BCUT2D eigenvalue weighted by Crippen LogP contribution is 2.20. The summed E-state index contributed by atoms with van der Waals surface area (Å²) < 4.78 is 13.4. The molecule has 1 saturated heterocycles. The van der Waals surface area contributed by atoms with Gasteiger partial charge < -0.3 is 10.2 Å². The Kier molecular flexibility index (Phi) is 4.08. The van der Waals surface area contributed by atoms with E-state index >= 15 is 0 Å². The Bertz CT molecular complexity index is 498. The molecule has 0 bridgehead atoms. The molecule has 0 aliphatic carbocycles. The summed E-state index contributed by atoms with van der Waals surface area (Å²) in [5, 5.41) is 2.73. The predicted octanol–water partition coefficient (Wildman–Crippen LogP) is 1.95. The van der Waals surface area contributed by atoms with Gasteiger partial charge in [-0.25, -0.2) is 4.39 Å². The second-order valence-electron chi connectivity index (χ2n) is 3.74. The topological polar surface area (TPSA) is 49.4 Å². The summed E-state index contributed by atoms with van der Waals surface area (Å²) >= 11 is 7.15. The first kappa shape index (κ1) is 13.2. The fraction of sp³-hybridized carbons (Fsp3) is 0.273. The third-order valence-electron chi connectivity index (χ3n) is 2.36. The van der Waals surface area contributed by atoms with E-state index in [-0.39, 0.29) is 18.1 Å². The number of carbonyl (C=O) groups is 2. The molecule has 0 unspecified atom stereocenters. The minimum absolute atomic E-state index is 0.0202. The van der Waals surface area contributed by atoms with Gasteiger partial charge in [-0.2, -0.15) is 0 Å². The van der Waals surface area contributed by atoms with E-state index in [0.29, 0.717) is 16.7 Å². The summed E-state index contributed by atoms with van der Waals surface area (Å²) in [6.07, 6.45) is 0. The minimum atomic E-state index is -0.560. The second kappa shape index (κ2) is 5.58. The lowest BCUT2D eigenvalue weighted by molar-refractivity contribution is -0.130. The quantitative estimate of drug-likeness (QED) is 0.925. The third-order valence-corrected chi connectivity index (χ3v) is 3.54. The molecule has 1 fully saturated rings. The van der Waals surface area contributed by atoms with Crippen molar-refractivity contribution in [1.29, 1.82) is 0 Å². The van der Waals surface area contributed by atoms with Crippen LogP contribution in [0.1, 0.15) is 0 Å². The van der Waals surface area contributed by atoms with E-state index in [1.165, 1.54) is 34.9 Å². The molecule has 4 nitrogen and oxygen atoms in total. The second-order valence-corrected chi connectivity index (χ2v) is 5.13. The van der Waals surface area contributed by atoms with Gasteiger partial charge in [0, 0.05) is 5.02 Å². The maximum absolute atomic E-state index is 13.4. The van der Waals surface area contributed by atoms with Gasteiger partial charge in [-0.15, -0.1) is 11.8 Å². The van der Waals surface area contributed by atoms with Gasteiger partial charge >= 0.3 is 0 Å². The van der Waals surface area contributed by atoms with Crippen molar-refractivity contribution in [2.75, 3.05) is 23.5 Å². The van der Waals surface area contributed by atoms with Crippen molar-refractivity contribution in [3.05, 3.63) is 29.0 Å². The molecule has 1 aromatic rings. The van der Waals surface area contributed by atoms with Crippen molar-refractivity contribution in [2.24, 2.45) is 0 Å². The molecule has 96 valence electrons. The summed E-state index contributed by atoms with van der Waals surface area (Å²) in [6.45, 7) is -0.0716. The van der Waals surface area contributed by atoms with Crippen LogP contribution in [0, 0.1) is 5.82 Å². The van der Waals surface area contributed by atoms with Crippen molar-refractivity contribution < 1.29 is 14.0 Å². The normalized spacial score (nSPS) is 15.0. The molecule has 1 aromatic carbocycles. The SMILES string of the molecule is O=C(CN1CSCC1=O)Nc1cc(Cl)ccc1F. The summed E-state index contributed by atoms with van der Waals surface area (Å²) in [5.41, 5.74) is 0.0202. The molecule has 1 heterocycles. The standard InChI is InChI=1S/C11H10ClFN2O2S/c12-7-1-2-8(13)9(3-7)14-10(16)4-15-6-18-5-11(15)17/h1-3H,4-6H2,(H,14,16). The van der Waals surface area contributed by atoms with Crippen LogP contribution in [0.15, 0.2) is 18.2 Å². The van der Waals surface area contributed by atoms with Gasteiger partial charge in [-0.05, 0) is 18.2 Å². The molecule has 0 aromatic heterocycles. The van der Waals surface area contributed by atoms with Crippen LogP contribution in [-0.4, -0.2) is 34.9 Å². The lowest BCUT2D eigenvalue weighted by Gasteiger charge is -2.14. The van der Waals surface area contributed by atoms with Crippen LogP contribution in [-0.2, 0) is 9.59 Å². The monoisotopic (exact) mass is 288 g/mol. The van der Waals surface area contributed by atoms with Crippen molar-refractivity contribution in [3.63, 3.8) is 0 Å². The molecule has 7 heteroatoms. The Hall–Kier alpha value is -1.27. The molecule has 2 rings (SSSR count). The Morgan fingerprint density at radius 2 is 2.33 bits per heavy atom. The van der Waals surface area contributed by atoms with E-state index in [0.717, 1.165) is 0 Å². The predicted molar refractivity (Wildman–Crippen MR) is 69.1 cm³/mol. The van der Waals surface area contributed by atoms with Crippen LogP contribution in [0.4, 0.5) is 10.1 Å². The first-order valence-electron chi connectivity index (χ1n) is 5.16. The molecule has 0 atom stereocenters. The number of hydrogen-bond donors (Lipinski definition) is 1. The average molecular weight is 289 g/mol. The fourth-order valence-electron chi connectivity index (χ4n) is 1.50. The number of thioether (sulfide) groups is 1. The molecular weight excluding hydrogens is 279 g/mol. The number of hydrogen-bond acceptors (Lipinski definition) is 3. The van der Waals surface area contributed by atoms with Crippen molar-refractivity contribution in [2.45, 2.75) is 0 Å². The highest BCUT2D eigenvalue weighted by atomic mass is 35.5. The zero-order valence-corrected chi connectivity index (χ0v) is 10.9. The average Bonchev–Trinajstić information content (AvgIpc) is 2.70. The number of nitrogens with zero attached hydrogens (tertiary/aromatic N) is 1. The first-order chi connectivity index (χ1) is 8.56. The number of carbonyl (C=O) groups excluding carboxylic acids is 2. The van der Waals surface area contributed by atoms with Crippen LogP contribution >= 0.6 is 23.4 Å². The van der Waals surface area contributed by atoms with Gasteiger partial charge in [-0.1, -0.05) is 11.6 Å². The summed E-state index contributed by atoms with van der Waals surface area (Å²) in [6, 6.07) is 3.90. The largest absolute Gasteiger partial charge is 0.323 e. The van der Waals surface area contributed by atoms with Crippen molar-refractivity contribution in [3.8, 4) is 0 Å². The lowest BCUT2D eigenvalue weighted by Crippen LogP contribution is -2.34. The molecule has 18 heavy (non-hydrogen) atoms. The molecule has 1 N–H and O–H groups in total. The number of benzene rings is 1. The highest BCUT2D eigenvalue weighted by molar-refractivity contribution is 8.00. The van der Waals surface area contributed by atoms with E-state index < -0.39 is 11.7 Å². The van der Waals surface area contributed by atoms with Gasteiger partial charge in [0.05, 0.1) is 17.3 Å². The molecule has 0 spiro atoms. The summed E-state index contributed by atoms with van der Waals surface area (Å²) in [4.78, 5) is 24.4. The van der Waals surface area contributed by atoms with E-state index in [1.807, 2.05) is 0 Å². The lowest BCUT2D eigenvalue weighted by atomic mass is 10.3. The summed E-state index contributed by atoms with van der Waals surface area (Å²) in [7, 11) is 0. The van der Waals surface area contributed by atoms with Crippen LogP contribution in [0.3, 0.4) is 0 Å². The van der Waals surface area contributed by atoms with Gasteiger partial charge in [0.25, 0.3) is 0 Å². The number of halogens is 2. The maximum Gasteiger partial charge on any atom is 0.244 e. The van der Waals surface area contributed by atoms with Crippen molar-refractivity contribution >= 4 is 40.9 Å². The number of nitrogens with one attached hydrogen (secondary N) is 1. The molecule has 1 aliphatic heterocycles. The Morgan fingerprint density at radius 1 is 1.56 bits per heavy atom. The van der Waals surface area contributed by atoms with E-state index in [9.17, 15) is 14.0 Å². The van der Waals surface area contributed by atoms with Crippen LogP contribution < -0.4 is 5.32 Å². The third kappa shape index (κ3) is 3.14. The smallest absolute Gasteiger partial charge is 0.244 e. The van der Waals surface area contributed by atoms with E-state index in [4.69, 9.17) is 11.6 Å². The fourth-order valence-corrected chi connectivity index (χ4v) is 2.57. The molecule has 0 radical (unpaired) electrons. The van der Waals surface area contributed by atoms with Crippen molar-refractivity contribution in [1.82, 2.24) is 4.90 Å². The van der Waals surface area contributed by atoms with Gasteiger partial charge in [0.1, 0.15) is 12.4 Å². The molecule has 0 saturated carbocycles. The first-order valence-corrected chi connectivity index (χ1v) is 6.70. The van der Waals surface area contributed by atoms with Gasteiger partial charge in [0.2, 0.25) is 11.8 Å². The van der Waals surface area contributed by atoms with Crippen LogP contribution in [0.25, 0.3) is 0 Å². The number of anilines is 1. The maximum atomic E-state index is 13.4. The molecule has 1 aliphatic rings.